The number of Topliss-reactive ketones (excluding diaryl/α,β-unsaturated/α-hetero) is 2. The van der Waals surface area contributed by atoms with Crippen molar-refractivity contribution in [3.63, 3.8) is 0 Å². The lowest BCUT2D eigenvalue weighted by atomic mass is 9.57. The number of unbranched alkanes of at least 4 members (excludes halogenated alkanes) is 1. The predicted molar refractivity (Wildman–Crippen MR) is 216 cm³/mol. The van der Waals surface area contributed by atoms with Crippen LogP contribution in [0.15, 0.2) is 47.2 Å². The van der Waals surface area contributed by atoms with Gasteiger partial charge in [0.25, 0.3) is 5.91 Å². The van der Waals surface area contributed by atoms with E-state index in [0.29, 0.717) is 24.1 Å². The molecule has 2 aromatic rings. The van der Waals surface area contributed by atoms with Gasteiger partial charge in [0.2, 0.25) is 18.5 Å². The number of fused-ring (bicyclic) bond motifs is 3. The summed E-state index contributed by atoms with van der Waals surface area (Å²) in [5.74, 6) is -9.46. The van der Waals surface area contributed by atoms with Crippen molar-refractivity contribution in [1.29, 1.82) is 0 Å². The number of hydrogen-bond acceptors (Lipinski definition) is 14. The second-order valence-corrected chi connectivity index (χ2v) is 16.6. The number of nitrogens with two attached hydrogens (primary N) is 1. The molecule has 17 heteroatoms. The number of aliphatic hydroxyl groups is 3. The van der Waals surface area contributed by atoms with Crippen molar-refractivity contribution in [3.8, 4) is 5.75 Å². The molecule has 3 aliphatic carbocycles. The minimum absolute atomic E-state index is 0.0350. The van der Waals surface area contributed by atoms with E-state index in [9.17, 15) is 49.2 Å². The van der Waals surface area contributed by atoms with Gasteiger partial charge in [-0.3, -0.25) is 29.0 Å². The van der Waals surface area contributed by atoms with E-state index >= 15 is 0 Å². The molecule has 7 N–H and O–H groups in total. The summed E-state index contributed by atoms with van der Waals surface area (Å²) in [7, 11) is 6.41. The molecule has 4 atom stereocenters. The van der Waals surface area contributed by atoms with Crippen LogP contribution < -0.4 is 16.0 Å². The number of ketones is 2. The second kappa shape index (κ2) is 16.7. The van der Waals surface area contributed by atoms with Crippen molar-refractivity contribution in [3.05, 3.63) is 69.5 Å². The number of nitrogens with one attached hydrogen (secondary N) is 1. The largest absolute Gasteiger partial charge is 0.508 e. The number of rotatable bonds is 12. The maximum Gasteiger partial charge on any atom is 0.413 e. The zero-order valence-corrected chi connectivity index (χ0v) is 34.5. The van der Waals surface area contributed by atoms with Gasteiger partial charge >= 0.3 is 12.1 Å². The molecule has 0 aliphatic heterocycles. The Hall–Kier alpha value is -5.94. The zero-order chi connectivity index (χ0) is 43.9. The van der Waals surface area contributed by atoms with E-state index in [2.05, 4.69) is 5.32 Å². The number of likely N-dealkylation sites (N-methyl/N-ethyl adjacent to an activating group) is 1. The van der Waals surface area contributed by atoms with Crippen LogP contribution in [0.1, 0.15) is 74.0 Å². The van der Waals surface area contributed by atoms with Gasteiger partial charge < -0.3 is 45.9 Å². The number of esters is 1. The molecule has 17 nitrogen and oxygen atoms in total. The number of phenolic OH excluding ortho intramolecular Hbond substituents is 1. The van der Waals surface area contributed by atoms with Crippen LogP contribution in [0, 0.1) is 11.8 Å². The Morgan fingerprint density at radius 3 is 2.20 bits per heavy atom. The van der Waals surface area contributed by atoms with Gasteiger partial charge in [0.1, 0.15) is 29.4 Å². The third kappa shape index (κ3) is 8.21. The number of nitrogens with zero attached hydrogens (tertiary/aromatic N) is 3. The summed E-state index contributed by atoms with van der Waals surface area (Å²) >= 11 is 0. The van der Waals surface area contributed by atoms with Gasteiger partial charge in [-0.2, -0.15) is 0 Å². The van der Waals surface area contributed by atoms with E-state index in [1.54, 1.807) is 31.1 Å². The van der Waals surface area contributed by atoms with E-state index in [4.69, 9.17) is 15.2 Å². The van der Waals surface area contributed by atoms with Crippen molar-refractivity contribution in [1.82, 2.24) is 9.80 Å². The first kappa shape index (κ1) is 44.2. The lowest BCUT2D eigenvalue weighted by molar-refractivity contribution is -0.153. The monoisotopic (exact) mass is 819 g/mol. The molecular weight excluding hydrogens is 766 g/mol. The first-order valence-electron chi connectivity index (χ1n) is 19.3. The second-order valence-electron chi connectivity index (χ2n) is 16.6. The molecule has 1 fully saturated rings. The number of aromatic hydroxyl groups is 1. The zero-order valence-electron chi connectivity index (χ0n) is 34.5. The number of aliphatic hydroxyl groups excluding tert-OH is 2. The Kier molecular flexibility index (Phi) is 12.5. The number of hydrogen-bond donors (Lipinski definition) is 6. The van der Waals surface area contributed by atoms with Crippen LogP contribution in [-0.2, 0) is 40.5 Å². The van der Waals surface area contributed by atoms with Crippen LogP contribution in [0.4, 0.5) is 16.2 Å². The Morgan fingerprint density at radius 2 is 1.64 bits per heavy atom. The number of carbonyl (C=O) groups excluding carboxylic acids is 6. The van der Waals surface area contributed by atoms with Gasteiger partial charge in [-0.1, -0.05) is 46.2 Å². The third-order valence-electron chi connectivity index (χ3n) is 11.2. The van der Waals surface area contributed by atoms with Crippen molar-refractivity contribution < 1.29 is 58.7 Å². The molecule has 0 bridgehead atoms. The average molecular weight is 820 g/mol. The van der Waals surface area contributed by atoms with Gasteiger partial charge in [-0.15, -0.1) is 0 Å². The number of amides is 3. The summed E-state index contributed by atoms with van der Waals surface area (Å²) in [4.78, 5) is 83.5. The summed E-state index contributed by atoms with van der Waals surface area (Å²) in [6.07, 6.45) is 0.163. The molecule has 3 aliphatic rings. The number of ether oxygens (including phenoxy) is 2. The van der Waals surface area contributed by atoms with Crippen molar-refractivity contribution in [2.45, 2.75) is 70.4 Å². The first-order valence-corrected chi connectivity index (χ1v) is 19.3. The topological polar surface area (TPSA) is 250 Å². The van der Waals surface area contributed by atoms with Crippen LogP contribution >= 0.6 is 0 Å². The van der Waals surface area contributed by atoms with E-state index in [0.717, 1.165) is 10.5 Å². The molecule has 0 aromatic heterocycles. The number of benzene rings is 2. The molecule has 0 radical (unpaired) electrons. The number of primary amides is 1. The van der Waals surface area contributed by atoms with Crippen molar-refractivity contribution in [2.24, 2.45) is 17.6 Å². The quantitative estimate of drug-likeness (QED) is 0.0779. The number of anilines is 2. The van der Waals surface area contributed by atoms with Gasteiger partial charge in [0.15, 0.2) is 11.4 Å². The molecule has 0 heterocycles. The van der Waals surface area contributed by atoms with Crippen molar-refractivity contribution >= 4 is 52.6 Å². The molecule has 59 heavy (non-hydrogen) atoms. The fraction of sp³-hybridized carbons (Fsp3) is 0.476. The Balaban J connectivity index is 1.40. The minimum Gasteiger partial charge on any atom is -0.508 e. The van der Waals surface area contributed by atoms with Crippen LogP contribution in [-0.4, -0.2) is 125 Å². The van der Waals surface area contributed by atoms with E-state index < -0.39 is 95.1 Å². The molecular formula is C42H53N5O12. The average Bonchev–Trinajstić information content (AvgIpc) is 3.15. The Morgan fingerprint density at radius 1 is 1.00 bits per heavy atom. The number of carbonyl (C=O) groups is 6. The lowest BCUT2D eigenvalue weighted by Gasteiger charge is -2.50. The van der Waals surface area contributed by atoms with Gasteiger partial charge in [0.05, 0.1) is 22.9 Å². The van der Waals surface area contributed by atoms with Gasteiger partial charge in [-0.25, -0.2) is 9.59 Å². The first-order chi connectivity index (χ1) is 27.6. The molecule has 0 saturated heterocycles. The molecule has 1 saturated carbocycles. The Bertz CT molecular complexity index is 2140. The van der Waals surface area contributed by atoms with Crippen LogP contribution in [0.3, 0.4) is 0 Å². The van der Waals surface area contributed by atoms with E-state index in [1.807, 2.05) is 39.8 Å². The normalized spacial score (nSPS) is 21.4. The molecule has 0 unspecified atom stereocenters. The summed E-state index contributed by atoms with van der Waals surface area (Å²) in [5.41, 5.74) is 2.91. The highest BCUT2D eigenvalue weighted by Gasteiger charge is 2.64. The van der Waals surface area contributed by atoms with Gasteiger partial charge in [-0.05, 0) is 74.0 Å². The highest BCUT2D eigenvalue weighted by Crippen LogP contribution is 2.54. The summed E-state index contributed by atoms with van der Waals surface area (Å²) < 4.78 is 10.3. The standard InChI is InChI=1S/C42H53N5O12/c1-9-10-15-47(40(56)59-20-58-39(55)21-11-13-23(14-12-21)41(2,3)4)19-28(48)44-26-18-27(45(5)6)24-16-22-17-25-32(46(7)8)35(51)31(38(43)54)37(53)42(25,57)36(52)29(22)34(50)30(24)33(26)49/h11-14,18,22,25,32,49-50,53,57H,9-10,15-17,19-20H2,1-8H3,(H2,43,54)(H,44,48)/t22-,25-,32-,42-/m0/s1. The van der Waals surface area contributed by atoms with Crippen LogP contribution in [0.5, 0.6) is 5.75 Å². The number of phenols is 1. The summed E-state index contributed by atoms with van der Waals surface area (Å²) in [6, 6.07) is 7.09. The fourth-order valence-electron chi connectivity index (χ4n) is 8.15. The highest BCUT2D eigenvalue weighted by molar-refractivity contribution is 6.24. The SMILES string of the molecule is CCCCN(CC(=O)Nc1cc(N(C)C)c2c(c1O)C(O)=C1C(=O)[C@]3(O)C(O)=C(C(N)=O)C(=O)[C@@H](N(C)C)[C@@H]3C[C@@H]1C2)C(=O)OCOC(=O)c1ccc(C(C)(C)C)cc1. The molecule has 0 spiro atoms. The van der Waals surface area contributed by atoms with E-state index in [1.165, 1.54) is 25.1 Å². The van der Waals surface area contributed by atoms with Crippen LogP contribution in [0.25, 0.3) is 5.76 Å². The molecule has 2 aromatic carbocycles. The van der Waals surface area contributed by atoms with Crippen LogP contribution in [0.2, 0.25) is 0 Å². The molecule has 318 valence electrons. The summed E-state index contributed by atoms with van der Waals surface area (Å²) in [6.45, 7) is 6.84. The Labute approximate surface area is 342 Å². The predicted octanol–water partition coefficient (Wildman–Crippen LogP) is 3.32. The van der Waals surface area contributed by atoms with Crippen molar-refractivity contribution in [2.75, 3.05) is 58.3 Å². The summed E-state index contributed by atoms with van der Waals surface area (Å²) in [5, 5.41) is 49.1. The molecule has 5 rings (SSSR count). The molecule has 3 amide bonds. The third-order valence-corrected chi connectivity index (χ3v) is 11.2. The maximum absolute atomic E-state index is 14.3. The highest BCUT2D eigenvalue weighted by atomic mass is 16.7. The van der Waals surface area contributed by atoms with Gasteiger partial charge in [0, 0.05) is 37.8 Å². The minimum atomic E-state index is -2.82. The maximum atomic E-state index is 14.3. The fourth-order valence-corrected chi connectivity index (χ4v) is 8.15. The lowest BCUT2D eigenvalue weighted by Crippen LogP contribution is -2.65. The smallest absolute Gasteiger partial charge is 0.413 e. The van der Waals surface area contributed by atoms with E-state index in [-0.39, 0.29) is 47.2 Å².